The predicted molar refractivity (Wildman–Crippen MR) is 47.6 cm³/mol. The molecule has 15 heavy (non-hydrogen) atoms. The third-order valence-electron chi connectivity index (χ3n) is 1.68. The van der Waals surface area contributed by atoms with Crippen molar-refractivity contribution in [3.63, 3.8) is 0 Å². The lowest BCUT2D eigenvalue weighted by Crippen LogP contribution is -2.50. The van der Waals surface area contributed by atoms with Crippen LogP contribution >= 0.6 is 0 Å². The zero-order valence-electron chi connectivity index (χ0n) is 9.01. The summed E-state index contributed by atoms with van der Waals surface area (Å²) in [6.45, 7) is 5.07. The molecule has 1 unspecified atom stereocenters. The first kappa shape index (κ1) is 13.8. The van der Waals surface area contributed by atoms with Gasteiger partial charge in [0.1, 0.15) is 0 Å². The average molecular weight is 224 g/mol. The van der Waals surface area contributed by atoms with Crippen LogP contribution in [0.15, 0.2) is 0 Å². The Morgan fingerprint density at radius 2 is 1.67 bits per heavy atom. The number of carbonyl (C=O) groups is 2. The Morgan fingerprint density at radius 1 is 1.27 bits per heavy atom. The van der Waals surface area contributed by atoms with E-state index in [1.807, 2.05) is 0 Å². The molecule has 0 fully saturated rings. The van der Waals surface area contributed by atoms with Crippen LogP contribution in [-0.2, 0) is 14.3 Å². The van der Waals surface area contributed by atoms with E-state index in [9.17, 15) is 18.4 Å². The molecule has 0 aromatic rings. The minimum Gasteiger partial charge on any atom is -0.477 e. The quantitative estimate of drug-likeness (QED) is 0.741. The molecule has 6 heteroatoms. The zero-order valence-corrected chi connectivity index (χ0v) is 9.01. The largest absolute Gasteiger partial charge is 0.477 e. The molecule has 0 aliphatic rings. The van der Waals surface area contributed by atoms with Crippen LogP contribution in [0.4, 0.5) is 8.78 Å². The third kappa shape index (κ3) is 3.45. The molecule has 0 aromatic carbocycles. The van der Waals surface area contributed by atoms with E-state index in [4.69, 9.17) is 5.11 Å². The first-order valence-corrected chi connectivity index (χ1v) is 4.28. The van der Waals surface area contributed by atoms with E-state index in [1.54, 1.807) is 0 Å². The van der Waals surface area contributed by atoms with Gasteiger partial charge in [0.25, 0.3) is 0 Å². The zero-order chi connectivity index (χ0) is 12.4. The van der Waals surface area contributed by atoms with Crippen LogP contribution in [0, 0.1) is 5.41 Å². The summed E-state index contributed by atoms with van der Waals surface area (Å²) in [4.78, 5) is 21.0. The molecular weight excluding hydrogens is 210 g/mol. The number of ether oxygens (including phenoxy) is 1. The van der Waals surface area contributed by atoms with Gasteiger partial charge in [0, 0.05) is 12.3 Å². The average Bonchev–Trinajstić information content (AvgIpc) is 1.97. The molecule has 0 saturated carbocycles. The summed E-state index contributed by atoms with van der Waals surface area (Å²) in [7, 11) is 0. The van der Waals surface area contributed by atoms with Crippen molar-refractivity contribution in [1.82, 2.24) is 0 Å². The smallest absolute Gasteiger partial charge is 0.379 e. The van der Waals surface area contributed by atoms with Crippen LogP contribution in [0.5, 0.6) is 0 Å². The summed E-state index contributed by atoms with van der Waals surface area (Å²) >= 11 is 0. The number of carboxylic acids is 1. The van der Waals surface area contributed by atoms with E-state index < -0.39 is 29.4 Å². The molecule has 0 rings (SSSR count). The summed E-state index contributed by atoms with van der Waals surface area (Å²) in [6.07, 6.45) is -1.99. The number of hydrogen-bond donors (Lipinski definition) is 1. The van der Waals surface area contributed by atoms with Crippen molar-refractivity contribution in [3.8, 4) is 0 Å². The molecule has 0 radical (unpaired) electrons. The third-order valence-corrected chi connectivity index (χ3v) is 1.68. The van der Waals surface area contributed by atoms with Gasteiger partial charge in [0.15, 0.2) is 6.10 Å². The number of rotatable bonds is 3. The van der Waals surface area contributed by atoms with Gasteiger partial charge in [-0.15, -0.1) is 0 Å². The minimum absolute atomic E-state index is 0.934. The maximum absolute atomic E-state index is 13.2. The van der Waals surface area contributed by atoms with Gasteiger partial charge in [-0.3, -0.25) is 4.79 Å². The highest BCUT2D eigenvalue weighted by molar-refractivity contribution is 5.77. The second-order valence-corrected chi connectivity index (χ2v) is 4.28. The van der Waals surface area contributed by atoms with Crippen LogP contribution in [0.2, 0.25) is 0 Å². The standard InChI is InChI=1S/C9H14F2O4/c1-5(12)15-6(8(2,3)4)9(10,11)7(13)14/h6H,1-4H3,(H,13,14). The van der Waals surface area contributed by atoms with E-state index in [0.29, 0.717) is 0 Å². The van der Waals surface area contributed by atoms with Crippen LogP contribution < -0.4 is 0 Å². The van der Waals surface area contributed by atoms with Gasteiger partial charge in [0.2, 0.25) is 0 Å². The molecule has 0 amide bonds. The van der Waals surface area contributed by atoms with Crippen molar-refractivity contribution in [2.75, 3.05) is 0 Å². The summed E-state index contributed by atoms with van der Waals surface area (Å²) < 4.78 is 30.8. The summed E-state index contributed by atoms with van der Waals surface area (Å²) in [6, 6.07) is 0. The Bertz CT molecular complexity index is 268. The molecule has 1 N–H and O–H groups in total. The molecule has 0 heterocycles. The van der Waals surface area contributed by atoms with Crippen LogP contribution in [-0.4, -0.2) is 29.1 Å². The van der Waals surface area contributed by atoms with Crippen molar-refractivity contribution in [1.29, 1.82) is 0 Å². The molecule has 0 aliphatic heterocycles. The monoisotopic (exact) mass is 224 g/mol. The molecule has 1 atom stereocenters. The van der Waals surface area contributed by atoms with Gasteiger partial charge in [0.05, 0.1) is 0 Å². The first-order valence-electron chi connectivity index (χ1n) is 4.28. The van der Waals surface area contributed by atoms with Gasteiger partial charge in [-0.1, -0.05) is 20.8 Å². The number of halogens is 2. The Hall–Kier alpha value is -1.20. The number of aliphatic carboxylic acids is 1. The second kappa shape index (κ2) is 4.12. The number of carbonyl (C=O) groups excluding carboxylic acids is 1. The highest BCUT2D eigenvalue weighted by atomic mass is 19.3. The Kier molecular flexibility index (Phi) is 3.79. The van der Waals surface area contributed by atoms with Crippen LogP contribution in [0.25, 0.3) is 0 Å². The van der Waals surface area contributed by atoms with Gasteiger partial charge < -0.3 is 9.84 Å². The SMILES string of the molecule is CC(=O)OC(C(C)(C)C)C(F)(F)C(=O)O. The maximum atomic E-state index is 13.2. The normalized spacial score (nSPS) is 14.5. The predicted octanol–water partition coefficient (Wildman–Crippen LogP) is 1.68. The lowest BCUT2D eigenvalue weighted by molar-refractivity contribution is -0.206. The van der Waals surface area contributed by atoms with Crippen molar-refractivity contribution in [2.24, 2.45) is 5.41 Å². The number of esters is 1. The lowest BCUT2D eigenvalue weighted by Gasteiger charge is -2.33. The second-order valence-electron chi connectivity index (χ2n) is 4.28. The Morgan fingerprint density at radius 3 is 1.87 bits per heavy atom. The highest BCUT2D eigenvalue weighted by Crippen LogP contribution is 2.35. The van der Waals surface area contributed by atoms with Crippen LogP contribution in [0.1, 0.15) is 27.7 Å². The topological polar surface area (TPSA) is 63.6 Å². The van der Waals surface area contributed by atoms with Gasteiger partial charge >= 0.3 is 17.9 Å². The molecule has 4 nitrogen and oxygen atoms in total. The summed E-state index contributed by atoms with van der Waals surface area (Å²) in [5, 5.41) is 8.35. The lowest BCUT2D eigenvalue weighted by atomic mass is 9.85. The Labute approximate surface area is 86.2 Å². The molecule has 0 aromatic heterocycles. The van der Waals surface area contributed by atoms with E-state index >= 15 is 0 Å². The van der Waals surface area contributed by atoms with Gasteiger partial charge in [-0.05, 0) is 0 Å². The fraction of sp³-hybridized carbons (Fsp3) is 0.778. The minimum atomic E-state index is -4.09. The molecule has 0 saturated heterocycles. The van der Waals surface area contributed by atoms with Crippen molar-refractivity contribution < 1.29 is 28.2 Å². The number of alkyl halides is 2. The molecule has 88 valence electrons. The van der Waals surface area contributed by atoms with Crippen molar-refractivity contribution in [3.05, 3.63) is 0 Å². The molecular formula is C9H14F2O4. The van der Waals surface area contributed by atoms with E-state index in [1.165, 1.54) is 20.8 Å². The van der Waals surface area contributed by atoms with Crippen LogP contribution in [0.3, 0.4) is 0 Å². The van der Waals surface area contributed by atoms with E-state index in [0.717, 1.165) is 6.92 Å². The molecule has 0 aliphatic carbocycles. The van der Waals surface area contributed by atoms with Gasteiger partial charge in [-0.25, -0.2) is 4.79 Å². The maximum Gasteiger partial charge on any atom is 0.379 e. The van der Waals surface area contributed by atoms with E-state index in [2.05, 4.69) is 4.74 Å². The van der Waals surface area contributed by atoms with Crippen molar-refractivity contribution >= 4 is 11.9 Å². The number of hydrogen-bond acceptors (Lipinski definition) is 3. The van der Waals surface area contributed by atoms with Crippen molar-refractivity contribution in [2.45, 2.75) is 39.7 Å². The summed E-state index contributed by atoms with van der Waals surface area (Å²) in [5.41, 5.74) is -1.16. The first-order chi connectivity index (χ1) is 6.49. The fourth-order valence-electron chi connectivity index (χ4n) is 1.07. The summed E-state index contributed by atoms with van der Waals surface area (Å²) in [5.74, 6) is -7.33. The van der Waals surface area contributed by atoms with E-state index in [-0.39, 0.29) is 0 Å². The molecule has 0 bridgehead atoms. The molecule has 0 spiro atoms. The number of carboxylic acid groups (broad SMARTS) is 1. The fourth-order valence-corrected chi connectivity index (χ4v) is 1.07. The Balaban J connectivity index is 5.11. The highest BCUT2D eigenvalue weighted by Gasteiger charge is 2.55. The van der Waals surface area contributed by atoms with Gasteiger partial charge in [-0.2, -0.15) is 8.78 Å².